The Hall–Kier alpha value is -3.89. The van der Waals surface area contributed by atoms with E-state index >= 15 is 0 Å². The number of anilines is 2. The van der Waals surface area contributed by atoms with Crippen molar-refractivity contribution in [2.75, 3.05) is 10.2 Å². The summed E-state index contributed by atoms with van der Waals surface area (Å²) in [6.45, 7) is -0.707. The van der Waals surface area contributed by atoms with Crippen LogP contribution in [0.15, 0.2) is 75.9 Å². The van der Waals surface area contributed by atoms with Crippen LogP contribution in [0.4, 0.5) is 37.7 Å². The average molecular weight is 670 g/mol. The molecule has 2 aliphatic heterocycles. The van der Waals surface area contributed by atoms with E-state index in [1.807, 2.05) is 0 Å². The summed E-state index contributed by atoms with van der Waals surface area (Å²) in [4.78, 5) is 54.4. The van der Waals surface area contributed by atoms with Crippen LogP contribution in [0.2, 0.25) is 0 Å². The third-order valence-corrected chi connectivity index (χ3v) is 10.7. The van der Waals surface area contributed by atoms with Crippen molar-refractivity contribution >= 4 is 63.5 Å². The molecule has 4 aromatic rings. The highest BCUT2D eigenvalue weighted by molar-refractivity contribution is 8.00. The Morgan fingerprint density at radius 2 is 1.50 bits per heavy atom. The Labute approximate surface area is 256 Å². The van der Waals surface area contributed by atoms with Crippen LogP contribution < -0.4 is 15.1 Å². The standard InChI is InChI=1S/C28H17F6N3O4S3/c29-27(30,31)13-6-1-3-8-15(13)35-18(38)12-36-25-22(44-26(36)41)19(17-10-5-11-42-17)20-21(43-25)24(40)37(23(20)39)16-9-4-2-7-14(16)28(32,33)34/h1-11,19-21H,12H2,(H,35,38). The van der Waals surface area contributed by atoms with Gasteiger partial charge in [-0.25, -0.2) is 4.90 Å². The first-order valence-corrected chi connectivity index (χ1v) is 15.3. The van der Waals surface area contributed by atoms with Crippen molar-refractivity contribution in [2.24, 2.45) is 5.92 Å². The summed E-state index contributed by atoms with van der Waals surface area (Å²) in [6, 6.07) is 11.9. The highest BCUT2D eigenvalue weighted by Gasteiger charge is 2.58. The van der Waals surface area contributed by atoms with Gasteiger partial charge in [0.25, 0.3) is 0 Å². The van der Waals surface area contributed by atoms with Gasteiger partial charge in [0.2, 0.25) is 17.7 Å². The van der Waals surface area contributed by atoms with E-state index in [9.17, 15) is 45.5 Å². The zero-order valence-electron chi connectivity index (χ0n) is 21.8. The van der Waals surface area contributed by atoms with Crippen molar-refractivity contribution in [1.82, 2.24) is 4.57 Å². The third-order valence-electron chi connectivity index (χ3n) is 7.16. The van der Waals surface area contributed by atoms with E-state index in [0.717, 1.165) is 52.7 Å². The number of alkyl halides is 6. The molecule has 44 heavy (non-hydrogen) atoms. The number of thiazole rings is 1. The molecule has 6 rings (SSSR count). The summed E-state index contributed by atoms with van der Waals surface area (Å²) in [5, 5.41) is 2.79. The van der Waals surface area contributed by atoms with Gasteiger partial charge in [-0.3, -0.25) is 23.7 Å². The number of hydrogen-bond donors (Lipinski definition) is 1. The fraction of sp³-hybridized carbons (Fsp3) is 0.214. The lowest BCUT2D eigenvalue weighted by molar-refractivity contribution is -0.138. The molecule has 0 aliphatic carbocycles. The number of para-hydroxylation sites is 2. The Balaban J connectivity index is 1.39. The molecule has 3 atom stereocenters. The number of nitrogens with zero attached hydrogens (tertiary/aromatic N) is 2. The molecule has 1 N–H and O–H groups in total. The predicted molar refractivity (Wildman–Crippen MR) is 152 cm³/mol. The molecule has 2 aliphatic rings. The molecular formula is C28H17F6N3O4S3. The van der Waals surface area contributed by atoms with Crippen molar-refractivity contribution in [3.05, 3.63) is 96.6 Å². The summed E-state index contributed by atoms with van der Waals surface area (Å²) < 4.78 is 83.0. The number of carbonyl (C=O) groups excluding carboxylic acids is 3. The van der Waals surface area contributed by atoms with Gasteiger partial charge in [0.1, 0.15) is 11.8 Å². The molecule has 4 heterocycles. The molecular weight excluding hydrogens is 653 g/mol. The number of amides is 3. The van der Waals surface area contributed by atoms with E-state index in [4.69, 9.17) is 0 Å². The van der Waals surface area contributed by atoms with Gasteiger partial charge in [-0.15, -0.1) is 11.3 Å². The summed E-state index contributed by atoms with van der Waals surface area (Å²) in [6.07, 6.45) is -9.62. The maximum absolute atomic E-state index is 13.9. The molecule has 3 unspecified atom stereocenters. The first-order valence-electron chi connectivity index (χ1n) is 12.7. The van der Waals surface area contributed by atoms with Crippen LogP contribution in [-0.4, -0.2) is 27.5 Å². The molecule has 0 bridgehead atoms. The van der Waals surface area contributed by atoms with Gasteiger partial charge < -0.3 is 5.32 Å². The van der Waals surface area contributed by atoms with E-state index < -0.39 is 81.1 Å². The molecule has 0 spiro atoms. The molecule has 228 valence electrons. The van der Waals surface area contributed by atoms with Crippen LogP contribution in [0.1, 0.15) is 26.8 Å². The maximum Gasteiger partial charge on any atom is 0.418 e. The lowest BCUT2D eigenvalue weighted by atomic mass is 9.87. The number of benzene rings is 2. The zero-order valence-corrected chi connectivity index (χ0v) is 24.3. The number of aromatic nitrogens is 1. The van der Waals surface area contributed by atoms with Crippen molar-refractivity contribution in [3.63, 3.8) is 0 Å². The number of hydrogen-bond acceptors (Lipinski definition) is 7. The SMILES string of the molecule is O=C(Cn1c2c(sc1=O)C(c1cccs1)C1C(=O)N(c3ccccc3C(F)(F)F)C(=O)C1S2)Nc1ccccc1C(F)(F)F. The number of thiophene rings is 1. The quantitative estimate of drug-likeness (QED) is 0.195. The predicted octanol–water partition coefficient (Wildman–Crippen LogP) is 6.44. The second-order valence-corrected chi connectivity index (χ2v) is 12.9. The fourth-order valence-corrected chi connectivity index (χ4v) is 9.07. The van der Waals surface area contributed by atoms with Crippen molar-refractivity contribution in [1.29, 1.82) is 0 Å². The van der Waals surface area contributed by atoms with Gasteiger partial charge in [-0.05, 0) is 35.7 Å². The topological polar surface area (TPSA) is 88.5 Å². The zero-order chi connectivity index (χ0) is 31.6. The van der Waals surface area contributed by atoms with E-state index in [1.54, 1.807) is 17.5 Å². The molecule has 1 fully saturated rings. The van der Waals surface area contributed by atoms with Crippen molar-refractivity contribution in [3.8, 4) is 0 Å². The normalized spacial score (nSPS) is 20.0. The number of nitrogens with one attached hydrogen (secondary N) is 1. The first kappa shape index (κ1) is 30.1. The largest absolute Gasteiger partial charge is 0.418 e. The highest BCUT2D eigenvalue weighted by Crippen LogP contribution is 2.55. The molecule has 1 saturated heterocycles. The van der Waals surface area contributed by atoms with Crippen LogP contribution >= 0.6 is 34.4 Å². The van der Waals surface area contributed by atoms with Crippen LogP contribution in [0, 0.1) is 5.92 Å². The highest BCUT2D eigenvalue weighted by atomic mass is 32.2. The van der Waals surface area contributed by atoms with Crippen LogP contribution in [0.25, 0.3) is 0 Å². The monoisotopic (exact) mass is 669 g/mol. The molecule has 0 saturated carbocycles. The second-order valence-electron chi connectivity index (χ2n) is 9.80. The molecule has 0 radical (unpaired) electrons. The number of thioether (sulfide) groups is 1. The minimum absolute atomic E-state index is 0.144. The number of halogens is 6. The summed E-state index contributed by atoms with van der Waals surface area (Å²) >= 11 is 2.71. The average Bonchev–Trinajstić information content (AvgIpc) is 3.65. The summed E-state index contributed by atoms with van der Waals surface area (Å²) in [7, 11) is 0. The Morgan fingerprint density at radius 1 is 0.841 bits per heavy atom. The smallest absolute Gasteiger partial charge is 0.324 e. The Morgan fingerprint density at radius 3 is 2.16 bits per heavy atom. The van der Waals surface area contributed by atoms with E-state index in [1.165, 1.54) is 23.5 Å². The summed E-state index contributed by atoms with van der Waals surface area (Å²) in [5.74, 6) is -4.76. The van der Waals surface area contributed by atoms with Gasteiger partial charge in [0.05, 0.1) is 33.4 Å². The van der Waals surface area contributed by atoms with Crippen LogP contribution in [-0.2, 0) is 33.3 Å². The van der Waals surface area contributed by atoms with Crippen molar-refractivity contribution < 1.29 is 40.7 Å². The molecule has 7 nitrogen and oxygen atoms in total. The molecule has 16 heteroatoms. The second kappa shape index (κ2) is 10.9. The van der Waals surface area contributed by atoms with Crippen LogP contribution in [0.3, 0.4) is 0 Å². The van der Waals surface area contributed by atoms with Gasteiger partial charge >= 0.3 is 17.2 Å². The summed E-state index contributed by atoms with van der Waals surface area (Å²) in [5.41, 5.74) is -3.38. The van der Waals surface area contributed by atoms with Gasteiger partial charge in [-0.2, -0.15) is 26.3 Å². The van der Waals surface area contributed by atoms with E-state index in [2.05, 4.69) is 5.32 Å². The van der Waals surface area contributed by atoms with Gasteiger partial charge in [0.15, 0.2) is 0 Å². The first-order chi connectivity index (χ1) is 20.8. The van der Waals surface area contributed by atoms with Gasteiger partial charge in [0, 0.05) is 15.7 Å². The molecule has 2 aromatic carbocycles. The van der Waals surface area contributed by atoms with Gasteiger partial charge in [-0.1, -0.05) is 53.4 Å². The molecule has 3 amide bonds. The van der Waals surface area contributed by atoms with Crippen molar-refractivity contribution in [2.45, 2.75) is 35.1 Å². The van der Waals surface area contributed by atoms with E-state index in [0.29, 0.717) is 26.0 Å². The number of fused-ring (bicyclic) bond motifs is 2. The maximum atomic E-state index is 13.9. The Bertz CT molecular complexity index is 1850. The lowest BCUT2D eigenvalue weighted by Gasteiger charge is -2.29. The number of rotatable bonds is 5. The van der Waals surface area contributed by atoms with Crippen LogP contribution in [0.5, 0.6) is 0 Å². The lowest BCUT2D eigenvalue weighted by Crippen LogP contribution is -2.33. The number of imide groups is 1. The minimum Gasteiger partial charge on any atom is -0.324 e. The molecule has 2 aromatic heterocycles. The number of carbonyl (C=O) groups is 3. The van der Waals surface area contributed by atoms with E-state index in [-0.39, 0.29) is 5.03 Å². The third kappa shape index (κ3) is 5.13. The minimum atomic E-state index is -4.86. The Kier molecular flexibility index (Phi) is 7.49. The fourth-order valence-electron chi connectivity index (χ4n) is 5.35.